The van der Waals surface area contributed by atoms with E-state index < -0.39 is 0 Å². The molecule has 0 bridgehead atoms. The Morgan fingerprint density at radius 3 is 2.64 bits per heavy atom. The molecule has 0 spiro atoms. The highest BCUT2D eigenvalue weighted by atomic mass is 16.5. The van der Waals surface area contributed by atoms with Crippen LogP contribution in [0.3, 0.4) is 0 Å². The number of carbonyl (C=O) groups is 1. The smallest absolute Gasteiger partial charge is 0.302 e. The highest BCUT2D eigenvalue weighted by molar-refractivity contribution is 5.91. The van der Waals surface area contributed by atoms with Crippen LogP contribution in [0.2, 0.25) is 0 Å². The first-order valence-electron chi connectivity index (χ1n) is 9.22. The van der Waals surface area contributed by atoms with Crippen LogP contribution in [0, 0.1) is 12.3 Å². The Morgan fingerprint density at radius 2 is 1.92 bits per heavy atom. The molecule has 0 aliphatic heterocycles. The lowest BCUT2D eigenvalue weighted by molar-refractivity contribution is -0.152. The molecule has 132 valence electrons. The topological polar surface area (TPSA) is 35.5 Å². The van der Waals surface area contributed by atoms with E-state index in [2.05, 4.69) is 38.1 Å². The van der Waals surface area contributed by atoms with Crippen molar-refractivity contribution in [1.82, 2.24) is 0 Å². The van der Waals surface area contributed by atoms with Gasteiger partial charge in [-0.1, -0.05) is 25.1 Å². The van der Waals surface area contributed by atoms with Crippen LogP contribution >= 0.6 is 0 Å². The van der Waals surface area contributed by atoms with Gasteiger partial charge in [0.1, 0.15) is 11.9 Å². The standard InChI is InChI=1S/C22H26O3/c1-13-15-5-6-18-17(16(15)7-9-20(13)24-4)11-12-22(3)19(18)8-10-21(22)25-14(2)23/h5-7,9,19,21H,8,10-12H2,1-4H3/t19-,21-,22-/m0/s1. The summed E-state index contributed by atoms with van der Waals surface area (Å²) < 4.78 is 11.2. The minimum Gasteiger partial charge on any atom is -0.496 e. The highest BCUT2D eigenvalue weighted by Crippen LogP contribution is 2.57. The van der Waals surface area contributed by atoms with Gasteiger partial charge in [0.2, 0.25) is 0 Å². The third kappa shape index (κ3) is 2.36. The van der Waals surface area contributed by atoms with Crippen LogP contribution < -0.4 is 4.74 Å². The van der Waals surface area contributed by atoms with Crippen molar-refractivity contribution < 1.29 is 14.3 Å². The van der Waals surface area contributed by atoms with Crippen molar-refractivity contribution in [2.24, 2.45) is 5.41 Å². The molecule has 3 heteroatoms. The van der Waals surface area contributed by atoms with Gasteiger partial charge < -0.3 is 9.47 Å². The van der Waals surface area contributed by atoms with Gasteiger partial charge in [-0.3, -0.25) is 4.79 Å². The van der Waals surface area contributed by atoms with Gasteiger partial charge in [-0.15, -0.1) is 0 Å². The summed E-state index contributed by atoms with van der Waals surface area (Å²) in [6.45, 7) is 5.97. The SMILES string of the molecule is COc1ccc2c3c(ccc2c1C)[C@@H]1CC[C@H](OC(C)=O)[C@@]1(C)CC3. The van der Waals surface area contributed by atoms with Crippen molar-refractivity contribution in [3.05, 3.63) is 41.0 Å². The fourth-order valence-corrected chi connectivity index (χ4v) is 5.28. The zero-order valence-electron chi connectivity index (χ0n) is 15.5. The molecule has 0 radical (unpaired) electrons. The summed E-state index contributed by atoms with van der Waals surface area (Å²) in [7, 11) is 1.73. The Hall–Kier alpha value is -2.03. The Morgan fingerprint density at radius 1 is 1.16 bits per heavy atom. The van der Waals surface area contributed by atoms with Gasteiger partial charge in [-0.25, -0.2) is 0 Å². The van der Waals surface area contributed by atoms with Crippen LogP contribution in [0.25, 0.3) is 10.8 Å². The summed E-state index contributed by atoms with van der Waals surface area (Å²) in [5, 5.41) is 2.64. The highest BCUT2D eigenvalue weighted by Gasteiger charge is 2.51. The Bertz CT molecular complexity index is 854. The molecule has 2 aliphatic rings. The van der Waals surface area contributed by atoms with Crippen LogP contribution in [0.1, 0.15) is 55.7 Å². The summed E-state index contributed by atoms with van der Waals surface area (Å²) >= 11 is 0. The van der Waals surface area contributed by atoms with Gasteiger partial charge in [-0.05, 0) is 72.1 Å². The average Bonchev–Trinajstić information content (AvgIpc) is 2.91. The predicted octanol–water partition coefficient (Wildman–Crippen LogP) is 4.92. The van der Waals surface area contributed by atoms with Crippen LogP contribution in [0.5, 0.6) is 5.75 Å². The largest absolute Gasteiger partial charge is 0.496 e. The number of ether oxygens (including phenoxy) is 2. The second-order valence-electron chi connectivity index (χ2n) is 7.86. The maximum atomic E-state index is 11.5. The molecule has 2 aromatic rings. The molecular weight excluding hydrogens is 312 g/mol. The number of benzene rings is 2. The van der Waals surface area contributed by atoms with Gasteiger partial charge in [0.25, 0.3) is 0 Å². The lowest BCUT2D eigenvalue weighted by atomic mass is 9.65. The van der Waals surface area contributed by atoms with Crippen molar-refractivity contribution in [3.8, 4) is 5.75 Å². The number of carbonyl (C=O) groups excluding carboxylic acids is 1. The lowest BCUT2D eigenvalue weighted by Gasteiger charge is -2.41. The fourth-order valence-electron chi connectivity index (χ4n) is 5.28. The molecule has 4 rings (SSSR count). The van der Waals surface area contributed by atoms with Crippen molar-refractivity contribution >= 4 is 16.7 Å². The molecule has 0 N–H and O–H groups in total. The quantitative estimate of drug-likeness (QED) is 0.729. The van der Waals surface area contributed by atoms with Crippen LogP contribution in [-0.2, 0) is 16.0 Å². The number of methoxy groups -OCH3 is 1. The monoisotopic (exact) mass is 338 g/mol. The number of hydrogen-bond donors (Lipinski definition) is 0. The third-order valence-electron chi connectivity index (χ3n) is 6.63. The summed E-state index contributed by atoms with van der Waals surface area (Å²) in [5.74, 6) is 1.27. The molecule has 0 heterocycles. The van der Waals surface area contributed by atoms with Gasteiger partial charge in [-0.2, -0.15) is 0 Å². The molecule has 0 amide bonds. The van der Waals surface area contributed by atoms with E-state index in [1.165, 1.54) is 34.4 Å². The van der Waals surface area contributed by atoms with Crippen molar-refractivity contribution in [2.75, 3.05) is 7.11 Å². The van der Waals surface area contributed by atoms with Crippen LogP contribution in [-0.4, -0.2) is 19.2 Å². The average molecular weight is 338 g/mol. The van der Waals surface area contributed by atoms with Crippen LogP contribution in [0.15, 0.2) is 24.3 Å². The summed E-state index contributed by atoms with van der Waals surface area (Å²) in [5.41, 5.74) is 4.21. The molecular formula is C22H26O3. The van der Waals surface area contributed by atoms with Crippen molar-refractivity contribution in [3.63, 3.8) is 0 Å². The molecule has 3 atom stereocenters. The van der Waals surface area contributed by atoms with Gasteiger partial charge in [0, 0.05) is 12.3 Å². The summed E-state index contributed by atoms with van der Waals surface area (Å²) in [6, 6.07) is 8.85. The first-order valence-corrected chi connectivity index (χ1v) is 9.22. The minimum atomic E-state index is -0.154. The molecule has 1 saturated carbocycles. The molecule has 25 heavy (non-hydrogen) atoms. The molecule has 2 aliphatic carbocycles. The van der Waals surface area contributed by atoms with Gasteiger partial charge in [0.15, 0.2) is 0 Å². The number of rotatable bonds is 2. The zero-order chi connectivity index (χ0) is 17.8. The van der Waals surface area contributed by atoms with Gasteiger partial charge >= 0.3 is 5.97 Å². The predicted molar refractivity (Wildman–Crippen MR) is 99.2 cm³/mol. The van der Waals surface area contributed by atoms with E-state index in [4.69, 9.17) is 9.47 Å². The Kier molecular flexibility index (Phi) is 3.78. The van der Waals surface area contributed by atoms with E-state index >= 15 is 0 Å². The van der Waals surface area contributed by atoms with E-state index in [0.717, 1.165) is 31.4 Å². The van der Waals surface area contributed by atoms with E-state index in [-0.39, 0.29) is 17.5 Å². The summed E-state index contributed by atoms with van der Waals surface area (Å²) in [6.07, 6.45) is 4.24. The third-order valence-corrected chi connectivity index (χ3v) is 6.63. The molecule has 0 aromatic heterocycles. The van der Waals surface area contributed by atoms with Crippen LogP contribution in [0.4, 0.5) is 0 Å². The molecule has 1 fully saturated rings. The number of fused-ring (bicyclic) bond motifs is 5. The zero-order valence-corrected chi connectivity index (χ0v) is 15.5. The van der Waals surface area contributed by atoms with Crippen molar-refractivity contribution in [1.29, 1.82) is 0 Å². The fraction of sp³-hybridized carbons (Fsp3) is 0.500. The second kappa shape index (κ2) is 5.76. The number of aryl methyl sites for hydroxylation is 2. The Balaban J connectivity index is 1.81. The van der Waals surface area contributed by atoms with E-state index in [1.54, 1.807) is 7.11 Å². The molecule has 0 unspecified atom stereocenters. The molecule has 0 saturated heterocycles. The molecule has 2 aromatic carbocycles. The normalized spacial score (nSPS) is 27.7. The van der Waals surface area contributed by atoms with Gasteiger partial charge in [0.05, 0.1) is 7.11 Å². The lowest BCUT2D eigenvalue weighted by Crippen LogP contribution is -2.37. The maximum Gasteiger partial charge on any atom is 0.302 e. The van der Waals surface area contributed by atoms with E-state index in [9.17, 15) is 4.79 Å². The minimum absolute atomic E-state index is 0.0523. The van der Waals surface area contributed by atoms with E-state index in [0.29, 0.717) is 5.92 Å². The first kappa shape index (κ1) is 16.4. The molecule has 3 nitrogen and oxygen atoms in total. The van der Waals surface area contributed by atoms with E-state index in [1.807, 2.05) is 0 Å². The Labute approximate surface area is 149 Å². The number of esters is 1. The second-order valence-corrected chi connectivity index (χ2v) is 7.86. The maximum absolute atomic E-state index is 11.5. The summed E-state index contributed by atoms with van der Waals surface area (Å²) in [4.78, 5) is 11.5. The van der Waals surface area contributed by atoms with Crippen molar-refractivity contribution in [2.45, 2.75) is 58.5 Å². The first-order chi connectivity index (χ1) is 12.0. The number of hydrogen-bond acceptors (Lipinski definition) is 3.